The van der Waals surface area contributed by atoms with E-state index in [1.165, 1.54) is 6.07 Å². The molecule has 0 amide bonds. The average Bonchev–Trinajstić information content (AvgIpc) is 2.30. The molecule has 0 saturated carbocycles. The normalized spacial score (nSPS) is 10.7. The molecule has 0 fully saturated rings. The van der Waals surface area contributed by atoms with E-state index in [0.29, 0.717) is 5.76 Å². The third-order valence-electron chi connectivity index (χ3n) is 1.56. The van der Waals surface area contributed by atoms with Gasteiger partial charge in [-0.1, -0.05) is 20.8 Å². The molecule has 0 unspecified atom stereocenters. The number of hydrogen-bond donors (Lipinski definition) is 1. The first-order valence-electron chi connectivity index (χ1n) is 3.75. The highest BCUT2D eigenvalue weighted by atomic mass is 35.5. The van der Waals surface area contributed by atoms with Crippen LogP contribution in [0.15, 0.2) is 16.5 Å². The molecule has 0 saturated heterocycles. The molecule has 13 heavy (non-hydrogen) atoms. The van der Waals surface area contributed by atoms with Crippen LogP contribution >= 0.6 is 12.4 Å². The van der Waals surface area contributed by atoms with Crippen molar-refractivity contribution < 1.29 is 14.3 Å². The van der Waals surface area contributed by atoms with Crippen molar-refractivity contribution in [3.63, 3.8) is 0 Å². The summed E-state index contributed by atoms with van der Waals surface area (Å²) in [5.41, 5.74) is -0.131. The highest BCUT2D eigenvalue weighted by Gasteiger charge is 2.19. The third kappa shape index (κ3) is 2.77. The van der Waals surface area contributed by atoms with Gasteiger partial charge in [0, 0.05) is 5.41 Å². The maximum Gasteiger partial charge on any atom is 0.371 e. The maximum atomic E-state index is 10.4. The fourth-order valence-corrected chi connectivity index (χ4v) is 0.856. The quantitative estimate of drug-likeness (QED) is 0.765. The molecule has 74 valence electrons. The number of hydrogen-bond acceptors (Lipinski definition) is 2. The standard InChI is InChI=1S/C9H12O3.ClH/c1-9(2,3)7-5-4-6(12-7)8(10)11;/h4-5H,1-3H3,(H,10,11);1H. The number of carbonyl (C=O) groups is 1. The fraction of sp³-hybridized carbons (Fsp3) is 0.444. The smallest absolute Gasteiger partial charge is 0.371 e. The van der Waals surface area contributed by atoms with E-state index in [1.54, 1.807) is 6.07 Å². The predicted molar refractivity (Wildman–Crippen MR) is 51.6 cm³/mol. The number of rotatable bonds is 1. The zero-order valence-electron chi connectivity index (χ0n) is 7.83. The molecule has 0 aromatic carbocycles. The molecule has 0 aliphatic rings. The van der Waals surface area contributed by atoms with Crippen LogP contribution in [-0.2, 0) is 5.41 Å². The average molecular weight is 205 g/mol. The van der Waals surface area contributed by atoms with E-state index < -0.39 is 5.97 Å². The lowest BCUT2D eigenvalue weighted by molar-refractivity contribution is 0.0658. The number of furan rings is 1. The van der Waals surface area contributed by atoms with Crippen LogP contribution in [0, 0.1) is 0 Å². The second-order valence-corrected chi connectivity index (χ2v) is 3.72. The van der Waals surface area contributed by atoms with E-state index in [0.717, 1.165) is 0 Å². The van der Waals surface area contributed by atoms with Gasteiger partial charge >= 0.3 is 5.97 Å². The summed E-state index contributed by atoms with van der Waals surface area (Å²) in [4.78, 5) is 10.4. The number of aromatic carboxylic acids is 1. The molecule has 4 heteroatoms. The Balaban J connectivity index is 0.00000144. The van der Waals surface area contributed by atoms with Gasteiger partial charge in [-0.05, 0) is 12.1 Å². The SMILES string of the molecule is CC(C)(C)c1ccc(C(=O)O)o1.Cl. The number of carboxylic acids is 1. The van der Waals surface area contributed by atoms with E-state index in [-0.39, 0.29) is 23.6 Å². The Hall–Kier alpha value is -0.960. The first-order valence-corrected chi connectivity index (χ1v) is 3.75. The second-order valence-electron chi connectivity index (χ2n) is 3.72. The van der Waals surface area contributed by atoms with Gasteiger partial charge in [-0.3, -0.25) is 0 Å². The molecule has 1 N–H and O–H groups in total. The second kappa shape index (κ2) is 3.83. The molecular formula is C9H13ClO3. The van der Waals surface area contributed by atoms with Crippen LogP contribution in [0.1, 0.15) is 37.1 Å². The minimum atomic E-state index is -1.02. The summed E-state index contributed by atoms with van der Waals surface area (Å²) in [5, 5.41) is 8.57. The first-order chi connectivity index (χ1) is 5.41. The van der Waals surface area contributed by atoms with Crippen LogP contribution in [0.5, 0.6) is 0 Å². The zero-order chi connectivity index (χ0) is 9.35. The minimum Gasteiger partial charge on any atom is -0.475 e. The highest BCUT2D eigenvalue weighted by molar-refractivity contribution is 5.85. The molecule has 0 spiro atoms. The van der Waals surface area contributed by atoms with E-state index in [2.05, 4.69) is 0 Å². The summed E-state index contributed by atoms with van der Waals surface area (Å²) in [7, 11) is 0. The van der Waals surface area contributed by atoms with Crippen molar-refractivity contribution in [1.29, 1.82) is 0 Å². The fourth-order valence-electron chi connectivity index (χ4n) is 0.856. The molecular weight excluding hydrogens is 192 g/mol. The Bertz CT molecular complexity index is 296. The molecule has 1 aromatic rings. The third-order valence-corrected chi connectivity index (χ3v) is 1.56. The van der Waals surface area contributed by atoms with Crippen molar-refractivity contribution in [3.8, 4) is 0 Å². The van der Waals surface area contributed by atoms with Crippen LogP contribution in [0.25, 0.3) is 0 Å². The van der Waals surface area contributed by atoms with E-state index in [9.17, 15) is 4.79 Å². The van der Waals surface area contributed by atoms with Gasteiger partial charge in [-0.25, -0.2) is 4.79 Å². The van der Waals surface area contributed by atoms with Crippen molar-refractivity contribution in [2.45, 2.75) is 26.2 Å². The van der Waals surface area contributed by atoms with Crippen molar-refractivity contribution in [1.82, 2.24) is 0 Å². The predicted octanol–water partition coefficient (Wildman–Crippen LogP) is 2.70. The monoisotopic (exact) mass is 204 g/mol. The van der Waals surface area contributed by atoms with Gasteiger partial charge in [0.25, 0.3) is 0 Å². The summed E-state index contributed by atoms with van der Waals surface area (Å²) in [5.74, 6) is -0.328. The molecule has 1 rings (SSSR count). The summed E-state index contributed by atoms with van der Waals surface area (Å²) in [6.45, 7) is 5.91. The summed E-state index contributed by atoms with van der Waals surface area (Å²) in [6.07, 6.45) is 0. The van der Waals surface area contributed by atoms with E-state index in [4.69, 9.17) is 9.52 Å². The van der Waals surface area contributed by atoms with E-state index in [1.807, 2.05) is 20.8 Å². The summed E-state index contributed by atoms with van der Waals surface area (Å²) < 4.78 is 5.11. The van der Waals surface area contributed by atoms with Gasteiger partial charge in [-0.15, -0.1) is 12.4 Å². The lowest BCUT2D eigenvalue weighted by Gasteiger charge is -2.13. The van der Waals surface area contributed by atoms with Gasteiger partial charge in [0.1, 0.15) is 5.76 Å². The van der Waals surface area contributed by atoms with Crippen LogP contribution in [0.2, 0.25) is 0 Å². The van der Waals surface area contributed by atoms with Gasteiger partial charge in [0.15, 0.2) is 0 Å². The lowest BCUT2D eigenvalue weighted by Crippen LogP contribution is -2.09. The van der Waals surface area contributed by atoms with Crippen LogP contribution in [0.3, 0.4) is 0 Å². The van der Waals surface area contributed by atoms with Gasteiger partial charge < -0.3 is 9.52 Å². The molecule has 0 bridgehead atoms. The molecule has 1 aromatic heterocycles. The van der Waals surface area contributed by atoms with Crippen molar-refractivity contribution >= 4 is 18.4 Å². The maximum absolute atomic E-state index is 10.4. The molecule has 0 atom stereocenters. The van der Waals surface area contributed by atoms with Crippen molar-refractivity contribution in [2.75, 3.05) is 0 Å². The molecule has 0 radical (unpaired) electrons. The summed E-state index contributed by atoms with van der Waals surface area (Å²) in [6, 6.07) is 3.17. The van der Waals surface area contributed by atoms with Crippen LogP contribution in [0.4, 0.5) is 0 Å². The lowest BCUT2D eigenvalue weighted by atomic mass is 9.94. The van der Waals surface area contributed by atoms with Gasteiger partial charge in [0.05, 0.1) is 0 Å². The first kappa shape index (κ1) is 12.0. The van der Waals surface area contributed by atoms with Gasteiger partial charge in [-0.2, -0.15) is 0 Å². The minimum absolute atomic E-state index is 0. The molecule has 0 aliphatic carbocycles. The Morgan fingerprint density at radius 3 is 2.15 bits per heavy atom. The molecule has 0 aliphatic heterocycles. The molecule has 1 heterocycles. The number of halogens is 1. The van der Waals surface area contributed by atoms with Crippen LogP contribution < -0.4 is 0 Å². The summed E-state index contributed by atoms with van der Waals surface area (Å²) >= 11 is 0. The Labute approximate surface area is 83.2 Å². The van der Waals surface area contributed by atoms with Crippen molar-refractivity contribution in [3.05, 3.63) is 23.7 Å². The van der Waals surface area contributed by atoms with Gasteiger partial charge in [0.2, 0.25) is 5.76 Å². The Kier molecular flexibility index (Phi) is 3.55. The topological polar surface area (TPSA) is 50.4 Å². The largest absolute Gasteiger partial charge is 0.475 e. The number of carboxylic acid groups (broad SMARTS) is 1. The molecule has 3 nitrogen and oxygen atoms in total. The van der Waals surface area contributed by atoms with Crippen molar-refractivity contribution in [2.24, 2.45) is 0 Å². The zero-order valence-corrected chi connectivity index (χ0v) is 8.64. The highest BCUT2D eigenvalue weighted by Crippen LogP contribution is 2.23. The Morgan fingerprint density at radius 2 is 1.92 bits per heavy atom. The van der Waals surface area contributed by atoms with E-state index >= 15 is 0 Å². The Morgan fingerprint density at radius 1 is 1.38 bits per heavy atom. The van der Waals surface area contributed by atoms with Crippen LogP contribution in [-0.4, -0.2) is 11.1 Å².